The number of carbonyl (C=O) groups excluding carboxylic acids is 2. The van der Waals surface area contributed by atoms with Gasteiger partial charge < -0.3 is 20.7 Å². The molecular formula is C28H28N6O3. The van der Waals surface area contributed by atoms with Gasteiger partial charge in [-0.1, -0.05) is 17.9 Å². The second-order valence-corrected chi connectivity index (χ2v) is 8.37. The summed E-state index contributed by atoms with van der Waals surface area (Å²) in [6.07, 6.45) is 6.76. The van der Waals surface area contributed by atoms with Crippen molar-refractivity contribution in [2.45, 2.75) is 19.8 Å². The number of nitrogen functional groups attached to an aromatic ring is 1. The Hall–Kier alpha value is -4.55. The number of nitrogens with zero attached hydrogens (tertiary/aromatic N) is 4. The van der Waals surface area contributed by atoms with Crippen molar-refractivity contribution in [3.8, 4) is 23.1 Å². The van der Waals surface area contributed by atoms with Gasteiger partial charge in [0.05, 0.1) is 18.9 Å². The van der Waals surface area contributed by atoms with Crippen molar-refractivity contribution in [2.24, 2.45) is 0 Å². The van der Waals surface area contributed by atoms with Crippen LogP contribution in [0.5, 0.6) is 0 Å². The zero-order chi connectivity index (χ0) is 26.0. The molecule has 0 saturated carbocycles. The Labute approximate surface area is 215 Å². The Balaban J connectivity index is 1.50. The van der Waals surface area contributed by atoms with Crippen molar-refractivity contribution in [3.05, 3.63) is 72.1 Å². The molecular weight excluding hydrogens is 468 g/mol. The lowest BCUT2D eigenvalue weighted by Crippen LogP contribution is -2.36. The summed E-state index contributed by atoms with van der Waals surface area (Å²) in [5.41, 5.74) is 9.34. The van der Waals surface area contributed by atoms with Crippen LogP contribution in [0.3, 0.4) is 0 Å². The van der Waals surface area contributed by atoms with E-state index in [-0.39, 0.29) is 30.5 Å². The summed E-state index contributed by atoms with van der Waals surface area (Å²) in [6, 6.07) is 11.1. The number of ketones is 1. The van der Waals surface area contributed by atoms with Crippen molar-refractivity contribution in [3.63, 3.8) is 0 Å². The summed E-state index contributed by atoms with van der Waals surface area (Å²) in [7, 11) is 0. The fraction of sp³-hybridized carbons (Fsp3) is 0.250. The molecule has 0 spiro atoms. The molecule has 1 aliphatic heterocycles. The normalized spacial score (nSPS) is 13.2. The van der Waals surface area contributed by atoms with Crippen LogP contribution in [0.25, 0.3) is 11.3 Å². The number of hydrogen-bond acceptors (Lipinski definition) is 8. The molecule has 3 heterocycles. The average Bonchev–Trinajstić information content (AvgIpc) is 2.92. The van der Waals surface area contributed by atoms with Crippen LogP contribution in [0.15, 0.2) is 60.9 Å². The number of anilines is 3. The molecule has 0 unspecified atom stereocenters. The summed E-state index contributed by atoms with van der Waals surface area (Å²) in [5, 5.41) is 2.81. The Morgan fingerprint density at radius 3 is 2.46 bits per heavy atom. The number of morpholine rings is 1. The van der Waals surface area contributed by atoms with E-state index in [1.807, 2.05) is 24.3 Å². The van der Waals surface area contributed by atoms with E-state index in [0.29, 0.717) is 24.6 Å². The smallest absolute Gasteiger partial charge is 0.224 e. The maximum absolute atomic E-state index is 12.1. The summed E-state index contributed by atoms with van der Waals surface area (Å²) >= 11 is 0. The van der Waals surface area contributed by atoms with Gasteiger partial charge in [0.25, 0.3) is 0 Å². The first-order valence-electron chi connectivity index (χ1n) is 12.0. The molecule has 1 aliphatic rings. The van der Waals surface area contributed by atoms with Crippen LogP contribution in [-0.2, 0) is 14.3 Å². The number of carbonyl (C=O) groups is 2. The van der Waals surface area contributed by atoms with E-state index in [2.05, 4.69) is 32.0 Å². The van der Waals surface area contributed by atoms with Crippen LogP contribution >= 0.6 is 0 Å². The van der Waals surface area contributed by atoms with Gasteiger partial charge in [-0.3, -0.25) is 9.59 Å². The van der Waals surface area contributed by atoms with Crippen LogP contribution in [-0.4, -0.2) is 52.9 Å². The molecule has 1 amide bonds. The number of nitrogens with one attached hydrogen (secondary N) is 1. The van der Waals surface area contributed by atoms with Gasteiger partial charge >= 0.3 is 0 Å². The van der Waals surface area contributed by atoms with Gasteiger partial charge in [-0.2, -0.15) is 0 Å². The third kappa shape index (κ3) is 7.46. The monoisotopic (exact) mass is 496 g/mol. The molecule has 2 aromatic heterocycles. The number of hydrogen-bond donors (Lipinski definition) is 2. The van der Waals surface area contributed by atoms with E-state index in [9.17, 15) is 9.59 Å². The van der Waals surface area contributed by atoms with Gasteiger partial charge in [0.1, 0.15) is 5.82 Å². The number of ether oxygens (including phenoxy) is 1. The van der Waals surface area contributed by atoms with Gasteiger partial charge in [-0.25, -0.2) is 15.0 Å². The fourth-order valence-corrected chi connectivity index (χ4v) is 3.67. The Bertz CT molecular complexity index is 1340. The maximum atomic E-state index is 12.1. The first kappa shape index (κ1) is 25.5. The zero-order valence-corrected chi connectivity index (χ0v) is 20.6. The molecule has 3 aromatic rings. The quantitative estimate of drug-likeness (QED) is 0.378. The molecule has 0 aliphatic carbocycles. The molecule has 1 aromatic carbocycles. The minimum absolute atomic E-state index is 0.0664. The third-order valence-corrected chi connectivity index (χ3v) is 5.59. The predicted molar refractivity (Wildman–Crippen MR) is 143 cm³/mol. The highest BCUT2D eigenvalue weighted by atomic mass is 16.5. The minimum atomic E-state index is -0.205. The summed E-state index contributed by atoms with van der Waals surface area (Å²) < 4.78 is 5.48. The number of nitrogens with two attached hydrogens (primary N) is 1. The summed E-state index contributed by atoms with van der Waals surface area (Å²) in [6.45, 7) is 4.56. The van der Waals surface area contributed by atoms with Crippen LogP contribution in [0.4, 0.5) is 17.5 Å². The van der Waals surface area contributed by atoms with E-state index >= 15 is 0 Å². The van der Waals surface area contributed by atoms with Crippen molar-refractivity contribution in [2.75, 3.05) is 42.3 Å². The Morgan fingerprint density at radius 1 is 1.05 bits per heavy atom. The molecule has 37 heavy (non-hydrogen) atoms. The first-order valence-corrected chi connectivity index (χ1v) is 12.0. The van der Waals surface area contributed by atoms with E-state index in [1.165, 1.54) is 6.08 Å². The number of amides is 1. The molecule has 188 valence electrons. The number of rotatable bonds is 7. The highest BCUT2D eigenvalue weighted by Gasteiger charge is 2.15. The van der Waals surface area contributed by atoms with Crippen LogP contribution in [0, 0.1) is 11.8 Å². The van der Waals surface area contributed by atoms with Crippen LogP contribution in [0.2, 0.25) is 0 Å². The van der Waals surface area contributed by atoms with Gasteiger partial charge in [0, 0.05) is 60.7 Å². The van der Waals surface area contributed by atoms with Crippen LogP contribution in [0.1, 0.15) is 30.9 Å². The topological polar surface area (TPSA) is 123 Å². The molecule has 0 radical (unpaired) electrons. The summed E-state index contributed by atoms with van der Waals surface area (Å²) in [4.78, 5) is 38.8. The van der Waals surface area contributed by atoms with E-state index < -0.39 is 0 Å². The van der Waals surface area contributed by atoms with E-state index in [1.54, 1.807) is 37.5 Å². The van der Waals surface area contributed by atoms with Crippen molar-refractivity contribution in [1.82, 2.24) is 15.0 Å². The lowest BCUT2D eigenvalue weighted by molar-refractivity contribution is -0.120. The van der Waals surface area contributed by atoms with Crippen LogP contribution < -0.4 is 16.0 Å². The van der Waals surface area contributed by atoms with Gasteiger partial charge in [0.2, 0.25) is 11.9 Å². The minimum Gasteiger partial charge on any atom is -0.378 e. The predicted octanol–water partition coefficient (Wildman–Crippen LogP) is 3.22. The zero-order valence-electron chi connectivity index (χ0n) is 20.6. The SMILES string of the molecule is C/C=C\C(=O)CCC(=O)Nc1ccc(C#Cc2cc(-c3cnc(N)nc3)nc(N3CCOCC3)c2)cc1. The van der Waals surface area contributed by atoms with Crippen molar-refractivity contribution >= 4 is 29.1 Å². The van der Waals surface area contributed by atoms with Gasteiger partial charge in [0.15, 0.2) is 5.78 Å². The highest BCUT2D eigenvalue weighted by molar-refractivity contribution is 5.96. The fourth-order valence-electron chi connectivity index (χ4n) is 3.67. The Morgan fingerprint density at radius 2 is 1.76 bits per heavy atom. The van der Waals surface area contributed by atoms with Gasteiger partial charge in [-0.05, 0) is 49.4 Å². The second-order valence-electron chi connectivity index (χ2n) is 8.37. The molecule has 3 N–H and O–H groups in total. The molecule has 0 bridgehead atoms. The second kappa shape index (κ2) is 12.4. The molecule has 9 heteroatoms. The number of pyridine rings is 1. The number of benzene rings is 1. The maximum Gasteiger partial charge on any atom is 0.224 e. The molecule has 1 fully saturated rings. The lowest BCUT2D eigenvalue weighted by Gasteiger charge is -2.28. The van der Waals surface area contributed by atoms with E-state index in [0.717, 1.165) is 35.6 Å². The standard InChI is InChI=1S/C28H28N6O3/c1-2-3-24(35)10-11-27(36)32-23-8-6-20(7-9-23)4-5-21-16-25(22-18-30-28(29)31-19-22)33-26(17-21)34-12-14-37-15-13-34/h2-3,6-9,16-19H,10-15H2,1H3,(H,32,36)(H2,29,30,31)/b3-2-. The van der Waals surface area contributed by atoms with E-state index in [4.69, 9.17) is 15.5 Å². The molecule has 1 saturated heterocycles. The lowest BCUT2D eigenvalue weighted by atomic mass is 10.1. The highest BCUT2D eigenvalue weighted by Crippen LogP contribution is 2.23. The number of allylic oxidation sites excluding steroid dienone is 2. The largest absolute Gasteiger partial charge is 0.378 e. The summed E-state index contributed by atoms with van der Waals surface area (Å²) in [5.74, 6) is 7.14. The number of aromatic nitrogens is 3. The average molecular weight is 497 g/mol. The Kier molecular flexibility index (Phi) is 8.57. The first-order chi connectivity index (χ1) is 18.0. The molecule has 9 nitrogen and oxygen atoms in total. The van der Waals surface area contributed by atoms with Gasteiger partial charge in [-0.15, -0.1) is 0 Å². The van der Waals surface area contributed by atoms with Crippen molar-refractivity contribution < 1.29 is 14.3 Å². The molecule has 0 atom stereocenters. The molecule has 4 rings (SSSR count). The third-order valence-electron chi connectivity index (χ3n) is 5.59. The van der Waals surface area contributed by atoms with Crippen molar-refractivity contribution in [1.29, 1.82) is 0 Å².